The lowest BCUT2D eigenvalue weighted by Crippen LogP contribution is -2.42. The van der Waals surface area contributed by atoms with Crippen LogP contribution in [0.15, 0.2) is 23.1 Å². The number of rotatable bonds is 5. The van der Waals surface area contributed by atoms with Gasteiger partial charge in [0.25, 0.3) is 0 Å². The van der Waals surface area contributed by atoms with E-state index in [0.717, 1.165) is 24.1 Å². The number of benzene rings is 1. The van der Waals surface area contributed by atoms with Crippen LogP contribution in [0, 0.1) is 0 Å². The van der Waals surface area contributed by atoms with Crippen LogP contribution < -0.4 is 9.62 Å². The van der Waals surface area contributed by atoms with E-state index in [0.29, 0.717) is 26.1 Å². The zero-order chi connectivity index (χ0) is 18.2. The molecule has 2 aliphatic heterocycles. The Kier molecular flexibility index (Phi) is 4.92. The number of fused-ring (bicyclic) bond motifs is 1. The highest BCUT2D eigenvalue weighted by Crippen LogP contribution is 2.41. The number of amides is 1. The van der Waals surface area contributed by atoms with Crippen LogP contribution in [-0.4, -0.2) is 40.1 Å². The van der Waals surface area contributed by atoms with Gasteiger partial charge in [-0.05, 0) is 43.5 Å². The van der Waals surface area contributed by atoms with Gasteiger partial charge in [-0.15, -0.1) is 0 Å². The molecule has 1 N–H and O–H groups in total. The molecule has 1 saturated heterocycles. The third kappa shape index (κ3) is 3.59. The highest BCUT2D eigenvalue weighted by Gasteiger charge is 2.37. The van der Waals surface area contributed by atoms with Crippen molar-refractivity contribution in [3.63, 3.8) is 0 Å². The molecule has 1 amide bonds. The van der Waals surface area contributed by atoms with E-state index in [2.05, 4.69) is 4.72 Å². The number of nitrogens with one attached hydrogen (secondary N) is 1. The highest BCUT2D eigenvalue weighted by molar-refractivity contribution is 7.89. The third-order valence-corrected chi connectivity index (χ3v) is 6.45. The second kappa shape index (κ2) is 6.70. The van der Waals surface area contributed by atoms with Crippen molar-refractivity contribution >= 4 is 21.6 Å². The Labute approximate surface area is 149 Å². The summed E-state index contributed by atoms with van der Waals surface area (Å²) in [5.41, 5.74) is 1.31. The van der Waals surface area contributed by atoms with Gasteiger partial charge in [-0.1, -0.05) is 13.8 Å². The summed E-state index contributed by atoms with van der Waals surface area (Å²) in [4.78, 5) is 14.3. The standard InChI is InChI=1S/C18H26N2O4S/c1-4-20-16-8-7-14(10-15(16)18(2,3)11-17(20)21)25(22,23)19-12-13-6-5-9-24-13/h7-8,10,13,19H,4-6,9,11-12H2,1-3H3. The van der Waals surface area contributed by atoms with E-state index >= 15 is 0 Å². The zero-order valence-corrected chi connectivity index (χ0v) is 15.9. The van der Waals surface area contributed by atoms with Crippen molar-refractivity contribution in [2.45, 2.75) is 56.4 Å². The molecule has 1 fully saturated rings. The molecule has 1 aromatic rings. The second-order valence-electron chi connectivity index (χ2n) is 7.36. The van der Waals surface area contributed by atoms with Crippen LogP contribution >= 0.6 is 0 Å². The summed E-state index contributed by atoms with van der Waals surface area (Å²) in [7, 11) is -3.60. The monoisotopic (exact) mass is 366 g/mol. The quantitative estimate of drug-likeness (QED) is 0.867. The van der Waals surface area contributed by atoms with Gasteiger partial charge < -0.3 is 9.64 Å². The SMILES string of the molecule is CCN1C(=O)CC(C)(C)c2cc(S(=O)(=O)NCC3CCCO3)ccc21. The van der Waals surface area contributed by atoms with Crippen molar-refractivity contribution in [3.8, 4) is 0 Å². The predicted octanol–water partition coefficient (Wildman–Crippen LogP) is 2.18. The van der Waals surface area contributed by atoms with E-state index in [-0.39, 0.29) is 16.9 Å². The number of hydrogen-bond acceptors (Lipinski definition) is 4. The Balaban J connectivity index is 1.90. The molecule has 3 rings (SSSR count). The first kappa shape index (κ1) is 18.4. The summed E-state index contributed by atoms with van der Waals surface area (Å²) < 4.78 is 33.4. The van der Waals surface area contributed by atoms with Crippen LogP contribution in [0.5, 0.6) is 0 Å². The topological polar surface area (TPSA) is 75.7 Å². The molecule has 0 aliphatic carbocycles. The first-order valence-corrected chi connectivity index (χ1v) is 10.3. The molecule has 2 heterocycles. The Hall–Kier alpha value is -1.44. The summed E-state index contributed by atoms with van der Waals surface area (Å²) in [5, 5.41) is 0. The fourth-order valence-corrected chi connectivity index (χ4v) is 4.69. The maximum atomic E-state index is 12.7. The Bertz CT molecular complexity index is 767. The highest BCUT2D eigenvalue weighted by atomic mass is 32.2. The summed E-state index contributed by atoms with van der Waals surface area (Å²) in [6.07, 6.45) is 2.19. The van der Waals surface area contributed by atoms with Crippen LogP contribution in [0.2, 0.25) is 0 Å². The smallest absolute Gasteiger partial charge is 0.240 e. The van der Waals surface area contributed by atoms with E-state index in [4.69, 9.17) is 4.74 Å². The predicted molar refractivity (Wildman–Crippen MR) is 96.3 cm³/mol. The summed E-state index contributed by atoms with van der Waals surface area (Å²) in [6, 6.07) is 5.04. The van der Waals surface area contributed by atoms with Crippen LogP contribution in [0.3, 0.4) is 0 Å². The van der Waals surface area contributed by atoms with E-state index < -0.39 is 15.4 Å². The lowest BCUT2D eigenvalue weighted by molar-refractivity contribution is -0.120. The van der Waals surface area contributed by atoms with Gasteiger partial charge in [-0.25, -0.2) is 13.1 Å². The first-order chi connectivity index (χ1) is 11.7. The summed E-state index contributed by atoms with van der Waals surface area (Å²) in [6.45, 7) is 7.45. The third-order valence-electron chi connectivity index (χ3n) is 5.03. The number of anilines is 1. The van der Waals surface area contributed by atoms with Crippen molar-refractivity contribution in [3.05, 3.63) is 23.8 Å². The van der Waals surface area contributed by atoms with Crippen LogP contribution in [0.1, 0.15) is 45.6 Å². The Morgan fingerprint density at radius 2 is 2.12 bits per heavy atom. The minimum atomic E-state index is -3.60. The molecule has 138 valence electrons. The molecule has 0 spiro atoms. The van der Waals surface area contributed by atoms with Crippen molar-refractivity contribution < 1.29 is 17.9 Å². The normalized spacial score (nSPS) is 22.9. The van der Waals surface area contributed by atoms with Crippen molar-refractivity contribution in [1.29, 1.82) is 0 Å². The maximum Gasteiger partial charge on any atom is 0.240 e. The van der Waals surface area contributed by atoms with Gasteiger partial charge in [0.2, 0.25) is 15.9 Å². The van der Waals surface area contributed by atoms with Gasteiger partial charge in [0.15, 0.2) is 0 Å². The Morgan fingerprint density at radius 1 is 1.36 bits per heavy atom. The molecule has 7 heteroatoms. The largest absolute Gasteiger partial charge is 0.377 e. The van der Waals surface area contributed by atoms with Crippen molar-refractivity contribution in [2.24, 2.45) is 0 Å². The average molecular weight is 366 g/mol. The summed E-state index contributed by atoms with van der Waals surface area (Å²) in [5.74, 6) is 0.0760. The maximum absolute atomic E-state index is 12.7. The number of carbonyl (C=O) groups excluding carboxylic acids is 1. The van der Waals surface area contributed by atoms with Gasteiger partial charge in [0, 0.05) is 37.2 Å². The lowest BCUT2D eigenvalue weighted by Gasteiger charge is -2.38. The molecule has 2 aliphatic rings. The van der Waals surface area contributed by atoms with Gasteiger partial charge in [-0.2, -0.15) is 0 Å². The van der Waals surface area contributed by atoms with Gasteiger partial charge in [0.05, 0.1) is 11.0 Å². The molecule has 1 aromatic carbocycles. The number of ether oxygens (including phenoxy) is 1. The molecular formula is C18H26N2O4S. The van der Waals surface area contributed by atoms with Gasteiger partial charge in [-0.3, -0.25) is 4.79 Å². The van der Waals surface area contributed by atoms with Crippen molar-refractivity contribution in [2.75, 3.05) is 24.6 Å². The molecule has 0 radical (unpaired) electrons. The average Bonchev–Trinajstić information content (AvgIpc) is 3.06. The molecule has 1 atom stereocenters. The number of carbonyl (C=O) groups is 1. The number of sulfonamides is 1. The Morgan fingerprint density at radius 3 is 2.76 bits per heavy atom. The molecule has 0 bridgehead atoms. The molecule has 0 aromatic heterocycles. The van der Waals surface area contributed by atoms with E-state index in [1.807, 2.05) is 20.8 Å². The van der Waals surface area contributed by atoms with Crippen molar-refractivity contribution in [1.82, 2.24) is 4.72 Å². The minimum Gasteiger partial charge on any atom is -0.377 e. The fourth-order valence-electron chi connectivity index (χ4n) is 3.60. The number of hydrogen-bond donors (Lipinski definition) is 1. The van der Waals surface area contributed by atoms with Crippen LogP contribution in [-0.2, 0) is 25.0 Å². The summed E-state index contributed by atoms with van der Waals surface area (Å²) >= 11 is 0. The van der Waals surface area contributed by atoms with Gasteiger partial charge in [0.1, 0.15) is 0 Å². The van der Waals surface area contributed by atoms with Crippen LogP contribution in [0.25, 0.3) is 0 Å². The molecule has 25 heavy (non-hydrogen) atoms. The molecule has 0 saturated carbocycles. The van der Waals surface area contributed by atoms with E-state index in [9.17, 15) is 13.2 Å². The molecule has 1 unspecified atom stereocenters. The van der Waals surface area contributed by atoms with E-state index in [1.165, 1.54) is 0 Å². The lowest BCUT2D eigenvalue weighted by atomic mass is 9.77. The van der Waals surface area contributed by atoms with Crippen LogP contribution in [0.4, 0.5) is 5.69 Å². The fraction of sp³-hybridized carbons (Fsp3) is 0.611. The van der Waals surface area contributed by atoms with Gasteiger partial charge >= 0.3 is 0 Å². The molecule has 6 nitrogen and oxygen atoms in total. The zero-order valence-electron chi connectivity index (χ0n) is 15.0. The second-order valence-corrected chi connectivity index (χ2v) is 9.13. The minimum absolute atomic E-state index is 0.0444. The number of nitrogens with zero attached hydrogens (tertiary/aromatic N) is 1. The van der Waals surface area contributed by atoms with E-state index in [1.54, 1.807) is 23.1 Å². The first-order valence-electron chi connectivity index (χ1n) is 8.81. The molecular weight excluding hydrogens is 340 g/mol.